The average molecular weight is 276 g/mol. The molecule has 1 aromatic carbocycles. The molecule has 110 valence electrons. The largest absolute Gasteiger partial charge is 0.465 e. The van der Waals surface area contributed by atoms with E-state index in [9.17, 15) is 9.59 Å². The van der Waals surface area contributed by atoms with Gasteiger partial charge in [-0.25, -0.2) is 0 Å². The lowest BCUT2D eigenvalue weighted by Gasteiger charge is -2.07. The van der Waals surface area contributed by atoms with E-state index in [1.807, 2.05) is 12.1 Å². The maximum atomic E-state index is 11.6. The fraction of sp³-hybridized carbons (Fsp3) is 0.529. The van der Waals surface area contributed by atoms with Crippen molar-refractivity contribution in [3.8, 4) is 0 Å². The Morgan fingerprint density at radius 3 is 2.25 bits per heavy atom. The van der Waals surface area contributed by atoms with Gasteiger partial charge in [-0.3, -0.25) is 4.79 Å². The highest BCUT2D eigenvalue weighted by Crippen LogP contribution is 2.10. The summed E-state index contributed by atoms with van der Waals surface area (Å²) in [5.41, 5.74) is 2.26. The van der Waals surface area contributed by atoms with Gasteiger partial charge in [0.2, 0.25) is 0 Å². The Kier molecular flexibility index (Phi) is 6.99. The molecular formula is C17H24O3. The van der Waals surface area contributed by atoms with Crippen LogP contribution < -0.4 is 0 Å². The average Bonchev–Trinajstić information content (AvgIpc) is 2.36. The zero-order valence-corrected chi connectivity index (χ0v) is 12.6. The van der Waals surface area contributed by atoms with Gasteiger partial charge >= 0.3 is 5.97 Å². The Balaban J connectivity index is 2.32. The van der Waals surface area contributed by atoms with E-state index in [1.165, 1.54) is 5.56 Å². The lowest BCUT2D eigenvalue weighted by Crippen LogP contribution is -2.09. The number of benzene rings is 1. The van der Waals surface area contributed by atoms with Crippen LogP contribution in [0.5, 0.6) is 0 Å². The Labute approximate surface area is 121 Å². The van der Waals surface area contributed by atoms with Crippen LogP contribution in [-0.2, 0) is 27.2 Å². The quantitative estimate of drug-likeness (QED) is 0.540. The molecule has 0 aliphatic heterocycles. The smallest absolute Gasteiger partial charge is 0.310 e. The molecule has 3 heteroatoms. The number of Topliss-reactive ketones (excluding diaryl/α,β-unsaturated/α-hetero) is 1. The van der Waals surface area contributed by atoms with Crippen LogP contribution in [0.2, 0.25) is 0 Å². The van der Waals surface area contributed by atoms with Gasteiger partial charge in [-0.1, -0.05) is 38.1 Å². The lowest BCUT2D eigenvalue weighted by molar-refractivity contribution is -0.143. The third-order valence-electron chi connectivity index (χ3n) is 2.95. The van der Waals surface area contributed by atoms with Crippen molar-refractivity contribution in [2.75, 3.05) is 6.61 Å². The van der Waals surface area contributed by atoms with Gasteiger partial charge in [0.05, 0.1) is 13.0 Å². The van der Waals surface area contributed by atoms with Crippen molar-refractivity contribution in [2.24, 2.45) is 5.92 Å². The molecule has 0 fully saturated rings. The molecule has 0 saturated heterocycles. The van der Waals surface area contributed by atoms with Crippen LogP contribution in [0.1, 0.15) is 44.7 Å². The molecular weight excluding hydrogens is 252 g/mol. The molecule has 0 radical (unpaired) electrons. The maximum Gasteiger partial charge on any atom is 0.310 e. The summed E-state index contributed by atoms with van der Waals surface area (Å²) in [6.07, 6.45) is 2.42. The third-order valence-corrected chi connectivity index (χ3v) is 2.95. The molecule has 0 heterocycles. The first-order chi connectivity index (χ1) is 9.47. The number of hydrogen-bond acceptors (Lipinski definition) is 3. The first-order valence-corrected chi connectivity index (χ1v) is 7.20. The van der Waals surface area contributed by atoms with Gasteiger partial charge in [-0.05, 0) is 36.8 Å². The van der Waals surface area contributed by atoms with E-state index in [0.717, 1.165) is 12.0 Å². The summed E-state index contributed by atoms with van der Waals surface area (Å²) in [5.74, 6) is 0.527. The highest BCUT2D eigenvalue weighted by Gasteiger charge is 2.05. The fourth-order valence-corrected chi connectivity index (χ4v) is 1.99. The van der Waals surface area contributed by atoms with E-state index in [1.54, 1.807) is 6.92 Å². The number of rotatable bonds is 8. The molecule has 0 bridgehead atoms. The molecule has 0 aromatic heterocycles. The highest BCUT2D eigenvalue weighted by atomic mass is 16.5. The molecule has 0 spiro atoms. The van der Waals surface area contributed by atoms with Crippen LogP contribution in [0.4, 0.5) is 0 Å². The molecule has 0 unspecified atom stereocenters. The second-order valence-electron chi connectivity index (χ2n) is 5.62. The minimum absolute atomic E-state index is 0.127. The van der Waals surface area contributed by atoms with E-state index in [2.05, 4.69) is 26.0 Å². The van der Waals surface area contributed by atoms with E-state index >= 15 is 0 Å². The zero-order chi connectivity index (χ0) is 15.0. The van der Waals surface area contributed by atoms with E-state index in [-0.39, 0.29) is 11.8 Å². The summed E-state index contributed by atoms with van der Waals surface area (Å²) in [5, 5.41) is 0. The lowest BCUT2D eigenvalue weighted by atomic mass is 10.0. The molecule has 0 aliphatic carbocycles. The monoisotopic (exact) mass is 276 g/mol. The highest BCUT2D eigenvalue weighted by molar-refractivity contribution is 5.75. The van der Waals surface area contributed by atoms with Gasteiger partial charge in [0.25, 0.3) is 0 Å². The van der Waals surface area contributed by atoms with Crippen molar-refractivity contribution >= 4 is 11.8 Å². The number of ketones is 1. The SMILES string of the molecule is CC(=O)CCCOC(=O)Cc1ccc(CC(C)C)cc1. The van der Waals surface area contributed by atoms with Crippen LogP contribution in [-0.4, -0.2) is 18.4 Å². The summed E-state index contributed by atoms with van der Waals surface area (Å²) in [7, 11) is 0. The summed E-state index contributed by atoms with van der Waals surface area (Å²) in [4.78, 5) is 22.4. The van der Waals surface area contributed by atoms with Crippen LogP contribution in [0.3, 0.4) is 0 Å². The maximum absolute atomic E-state index is 11.6. The molecule has 0 atom stereocenters. The topological polar surface area (TPSA) is 43.4 Å². The van der Waals surface area contributed by atoms with Crippen molar-refractivity contribution < 1.29 is 14.3 Å². The van der Waals surface area contributed by atoms with E-state index in [4.69, 9.17) is 4.74 Å². The van der Waals surface area contributed by atoms with Crippen LogP contribution in [0, 0.1) is 5.92 Å². The Morgan fingerprint density at radius 1 is 1.10 bits per heavy atom. The van der Waals surface area contributed by atoms with Crippen molar-refractivity contribution in [2.45, 2.75) is 46.5 Å². The van der Waals surface area contributed by atoms with Crippen LogP contribution in [0.25, 0.3) is 0 Å². The number of esters is 1. The Hall–Kier alpha value is -1.64. The van der Waals surface area contributed by atoms with E-state index < -0.39 is 0 Å². The van der Waals surface area contributed by atoms with Crippen molar-refractivity contribution in [1.29, 1.82) is 0 Å². The van der Waals surface area contributed by atoms with Gasteiger partial charge in [0.1, 0.15) is 5.78 Å². The summed E-state index contributed by atoms with van der Waals surface area (Å²) in [6.45, 7) is 6.24. The molecule has 20 heavy (non-hydrogen) atoms. The molecule has 0 aliphatic rings. The second kappa shape index (κ2) is 8.51. The zero-order valence-electron chi connectivity index (χ0n) is 12.6. The van der Waals surface area contributed by atoms with Gasteiger partial charge in [-0.2, -0.15) is 0 Å². The first kappa shape index (κ1) is 16.4. The predicted octanol–water partition coefficient (Wildman–Crippen LogP) is 3.34. The molecule has 1 aromatic rings. The Morgan fingerprint density at radius 2 is 1.70 bits per heavy atom. The van der Waals surface area contributed by atoms with Crippen molar-refractivity contribution in [3.05, 3.63) is 35.4 Å². The number of ether oxygens (including phenoxy) is 1. The third kappa shape index (κ3) is 7.07. The van der Waals surface area contributed by atoms with E-state index in [0.29, 0.717) is 31.8 Å². The number of hydrogen-bond donors (Lipinski definition) is 0. The van der Waals surface area contributed by atoms with Gasteiger partial charge in [0, 0.05) is 6.42 Å². The molecule has 1 rings (SSSR count). The van der Waals surface area contributed by atoms with Gasteiger partial charge < -0.3 is 9.53 Å². The van der Waals surface area contributed by atoms with Crippen LogP contribution >= 0.6 is 0 Å². The minimum Gasteiger partial charge on any atom is -0.465 e. The normalized spacial score (nSPS) is 10.6. The first-order valence-electron chi connectivity index (χ1n) is 7.20. The molecule has 3 nitrogen and oxygen atoms in total. The minimum atomic E-state index is -0.231. The second-order valence-corrected chi connectivity index (χ2v) is 5.62. The fourth-order valence-electron chi connectivity index (χ4n) is 1.99. The van der Waals surface area contributed by atoms with Crippen molar-refractivity contribution in [3.63, 3.8) is 0 Å². The summed E-state index contributed by atoms with van der Waals surface area (Å²) < 4.78 is 5.10. The molecule has 0 saturated carbocycles. The summed E-state index contributed by atoms with van der Waals surface area (Å²) in [6, 6.07) is 8.10. The van der Waals surface area contributed by atoms with Gasteiger partial charge in [0.15, 0.2) is 0 Å². The predicted molar refractivity (Wildman–Crippen MR) is 79.6 cm³/mol. The molecule has 0 amide bonds. The number of carbonyl (C=O) groups excluding carboxylic acids is 2. The van der Waals surface area contributed by atoms with Crippen molar-refractivity contribution in [1.82, 2.24) is 0 Å². The number of carbonyl (C=O) groups is 2. The summed E-state index contributed by atoms with van der Waals surface area (Å²) >= 11 is 0. The molecule has 0 N–H and O–H groups in total. The van der Waals surface area contributed by atoms with Crippen LogP contribution in [0.15, 0.2) is 24.3 Å². The Bertz CT molecular complexity index is 432. The van der Waals surface area contributed by atoms with Gasteiger partial charge in [-0.15, -0.1) is 0 Å². The standard InChI is InChI=1S/C17H24O3/c1-13(2)11-15-6-8-16(9-7-15)12-17(19)20-10-4-5-14(3)18/h6-9,13H,4-5,10-12H2,1-3H3.